The van der Waals surface area contributed by atoms with Gasteiger partial charge in [-0.2, -0.15) is 4.98 Å². The standard InChI is InChI=1S/C31H36ClN5O6S/c1-4-5-14-42-29(39)27-20(2)33-30-34-31(44-19-22-8-6-7-9-23(22)32)35-37(30)28(27)21-10-11-24(25(17-21)40-3)43-18-26(38)36-12-15-41-16-13-36/h6-11,17,28H,4-5,12-16,18-19H2,1-3H3,(H,33,34,35). The number of nitrogens with zero attached hydrogens (tertiary/aromatic N) is 4. The van der Waals surface area contributed by atoms with Crippen LogP contribution in [0.1, 0.15) is 43.9 Å². The van der Waals surface area contributed by atoms with E-state index in [1.54, 1.807) is 21.7 Å². The van der Waals surface area contributed by atoms with Crippen molar-refractivity contribution < 1.29 is 28.5 Å². The minimum Gasteiger partial charge on any atom is -0.493 e. The number of morpholine rings is 1. The van der Waals surface area contributed by atoms with Gasteiger partial charge >= 0.3 is 5.97 Å². The van der Waals surface area contributed by atoms with Crippen LogP contribution in [-0.2, 0) is 24.8 Å². The summed E-state index contributed by atoms with van der Waals surface area (Å²) < 4.78 is 24.2. The summed E-state index contributed by atoms with van der Waals surface area (Å²) in [7, 11) is 1.53. The Morgan fingerprint density at radius 1 is 1.16 bits per heavy atom. The van der Waals surface area contributed by atoms with Gasteiger partial charge in [-0.25, -0.2) is 9.48 Å². The lowest BCUT2D eigenvalue weighted by atomic mass is 9.95. The Kier molecular flexibility index (Phi) is 10.7. The van der Waals surface area contributed by atoms with Crippen LogP contribution in [0.25, 0.3) is 0 Å². The number of hydrogen-bond donors (Lipinski definition) is 1. The number of benzene rings is 2. The van der Waals surface area contributed by atoms with E-state index in [4.69, 9.17) is 40.6 Å². The zero-order valence-corrected chi connectivity index (χ0v) is 26.6. The summed E-state index contributed by atoms with van der Waals surface area (Å²) in [5.74, 6) is 1.35. The largest absolute Gasteiger partial charge is 0.493 e. The van der Waals surface area contributed by atoms with Crippen molar-refractivity contribution in [3.63, 3.8) is 0 Å². The number of allylic oxidation sites excluding steroid dienone is 1. The number of rotatable bonds is 12. The predicted molar refractivity (Wildman–Crippen MR) is 167 cm³/mol. The van der Waals surface area contributed by atoms with Gasteiger partial charge in [-0.15, -0.1) is 5.10 Å². The van der Waals surface area contributed by atoms with Crippen molar-refractivity contribution in [2.75, 3.05) is 51.9 Å². The van der Waals surface area contributed by atoms with E-state index in [9.17, 15) is 9.59 Å². The second-order valence-electron chi connectivity index (χ2n) is 10.3. The minimum absolute atomic E-state index is 0.123. The number of amides is 1. The van der Waals surface area contributed by atoms with E-state index in [2.05, 4.69) is 5.32 Å². The van der Waals surface area contributed by atoms with Crippen LogP contribution in [0, 0.1) is 0 Å². The van der Waals surface area contributed by atoms with Crippen LogP contribution in [0.2, 0.25) is 5.02 Å². The summed E-state index contributed by atoms with van der Waals surface area (Å²) in [5.41, 5.74) is 2.72. The van der Waals surface area contributed by atoms with Crippen LogP contribution >= 0.6 is 23.4 Å². The third-order valence-electron chi connectivity index (χ3n) is 7.32. The number of unbranched alkanes of at least 4 members (excludes halogenated alkanes) is 1. The average molecular weight is 642 g/mol. The van der Waals surface area contributed by atoms with Gasteiger partial charge in [0.05, 0.1) is 32.5 Å². The monoisotopic (exact) mass is 641 g/mol. The Hall–Kier alpha value is -3.74. The molecule has 2 aromatic carbocycles. The molecule has 3 aromatic rings. The van der Waals surface area contributed by atoms with E-state index in [0.717, 1.165) is 18.4 Å². The Labute approximate surface area is 265 Å². The fourth-order valence-electron chi connectivity index (χ4n) is 4.93. The molecule has 0 saturated carbocycles. The number of carbonyl (C=O) groups excluding carboxylic acids is 2. The number of halogens is 1. The molecular formula is C31H36ClN5O6S. The lowest BCUT2D eigenvalue weighted by Crippen LogP contribution is -2.43. The molecule has 1 unspecified atom stereocenters. The first-order valence-corrected chi connectivity index (χ1v) is 15.9. The predicted octanol–water partition coefficient (Wildman–Crippen LogP) is 5.10. The maximum Gasteiger partial charge on any atom is 0.338 e. The van der Waals surface area contributed by atoms with Gasteiger partial charge in [0.2, 0.25) is 11.1 Å². The maximum absolute atomic E-state index is 13.5. The molecule has 44 heavy (non-hydrogen) atoms. The Bertz CT molecular complexity index is 1520. The highest BCUT2D eigenvalue weighted by Gasteiger charge is 2.36. The van der Waals surface area contributed by atoms with Gasteiger partial charge in [0.15, 0.2) is 18.1 Å². The second-order valence-corrected chi connectivity index (χ2v) is 11.6. The Morgan fingerprint density at radius 3 is 2.70 bits per heavy atom. The summed E-state index contributed by atoms with van der Waals surface area (Å²) in [5, 5.41) is 9.23. The van der Waals surface area contributed by atoms with Crippen molar-refractivity contribution in [2.24, 2.45) is 0 Å². The molecule has 1 N–H and O–H groups in total. The highest BCUT2D eigenvalue weighted by Crippen LogP contribution is 2.40. The SMILES string of the molecule is CCCCOC(=O)C1=C(C)Nc2nc(SCc3ccccc3Cl)nn2C1c1ccc(OCC(=O)N2CCOCC2)c(OC)c1. The number of aromatic nitrogens is 3. The summed E-state index contributed by atoms with van der Waals surface area (Å²) in [6.07, 6.45) is 1.66. The van der Waals surface area contributed by atoms with Crippen LogP contribution in [0.3, 0.4) is 0 Å². The van der Waals surface area contributed by atoms with E-state index in [1.165, 1.54) is 18.9 Å². The molecule has 0 aliphatic carbocycles. The number of thioether (sulfide) groups is 1. The first-order chi connectivity index (χ1) is 21.4. The molecule has 0 spiro atoms. The average Bonchev–Trinajstić information content (AvgIpc) is 3.45. The number of anilines is 1. The highest BCUT2D eigenvalue weighted by atomic mass is 35.5. The van der Waals surface area contributed by atoms with Crippen LogP contribution in [-0.4, -0.2) is 78.2 Å². The summed E-state index contributed by atoms with van der Waals surface area (Å²) in [6, 6.07) is 12.4. The van der Waals surface area contributed by atoms with Gasteiger partial charge in [0, 0.05) is 29.6 Å². The number of esters is 1. The van der Waals surface area contributed by atoms with Gasteiger partial charge < -0.3 is 29.2 Å². The summed E-state index contributed by atoms with van der Waals surface area (Å²) >= 11 is 7.81. The topological polar surface area (TPSA) is 117 Å². The molecule has 5 rings (SSSR count). The van der Waals surface area contributed by atoms with Gasteiger partial charge in [-0.1, -0.05) is 61.0 Å². The number of nitrogens with one attached hydrogen (secondary N) is 1. The van der Waals surface area contributed by atoms with Gasteiger partial charge in [-0.05, 0) is 42.7 Å². The van der Waals surface area contributed by atoms with E-state index in [0.29, 0.717) is 83.1 Å². The zero-order chi connectivity index (χ0) is 31.1. The molecule has 1 aromatic heterocycles. The molecule has 1 atom stereocenters. The molecule has 1 saturated heterocycles. The van der Waals surface area contributed by atoms with Gasteiger partial charge in [0.1, 0.15) is 6.04 Å². The van der Waals surface area contributed by atoms with Crippen LogP contribution in [0.5, 0.6) is 11.5 Å². The number of methoxy groups -OCH3 is 1. The molecule has 2 aliphatic rings. The molecule has 1 fully saturated rings. The van der Waals surface area contributed by atoms with Crippen molar-refractivity contribution in [1.29, 1.82) is 0 Å². The van der Waals surface area contributed by atoms with Crippen LogP contribution in [0.4, 0.5) is 5.95 Å². The first-order valence-electron chi connectivity index (χ1n) is 14.5. The molecular weight excluding hydrogens is 606 g/mol. The minimum atomic E-state index is -0.652. The van der Waals surface area contributed by atoms with Crippen molar-refractivity contribution >= 4 is 41.2 Å². The Balaban J connectivity index is 1.43. The fourth-order valence-corrected chi connectivity index (χ4v) is 6.04. The number of fused-ring (bicyclic) bond motifs is 1. The maximum atomic E-state index is 13.5. The van der Waals surface area contributed by atoms with Crippen molar-refractivity contribution in [3.05, 3.63) is 69.9 Å². The van der Waals surface area contributed by atoms with Crippen molar-refractivity contribution in [1.82, 2.24) is 19.7 Å². The number of carbonyl (C=O) groups is 2. The van der Waals surface area contributed by atoms with Crippen LogP contribution < -0.4 is 14.8 Å². The van der Waals surface area contributed by atoms with Crippen molar-refractivity contribution in [2.45, 2.75) is 43.6 Å². The van der Waals surface area contributed by atoms with E-state index < -0.39 is 12.0 Å². The Morgan fingerprint density at radius 2 is 1.95 bits per heavy atom. The number of hydrogen-bond acceptors (Lipinski definition) is 10. The smallest absolute Gasteiger partial charge is 0.338 e. The molecule has 234 valence electrons. The molecule has 11 nitrogen and oxygen atoms in total. The molecule has 1 amide bonds. The van der Waals surface area contributed by atoms with E-state index in [-0.39, 0.29) is 12.5 Å². The second kappa shape index (κ2) is 14.8. The highest BCUT2D eigenvalue weighted by molar-refractivity contribution is 7.98. The first kappa shape index (κ1) is 31.7. The van der Waals surface area contributed by atoms with E-state index in [1.807, 2.05) is 44.2 Å². The van der Waals surface area contributed by atoms with Crippen molar-refractivity contribution in [3.8, 4) is 11.5 Å². The summed E-state index contributed by atoms with van der Waals surface area (Å²) in [6.45, 7) is 6.15. The van der Waals surface area contributed by atoms with Gasteiger partial charge in [-0.3, -0.25) is 4.79 Å². The fraction of sp³-hybridized carbons (Fsp3) is 0.419. The third-order valence-corrected chi connectivity index (χ3v) is 8.57. The lowest BCUT2D eigenvalue weighted by molar-refractivity contribution is -0.140. The molecule has 13 heteroatoms. The number of ether oxygens (including phenoxy) is 4. The lowest BCUT2D eigenvalue weighted by Gasteiger charge is -2.28. The molecule has 0 bridgehead atoms. The van der Waals surface area contributed by atoms with E-state index >= 15 is 0 Å². The van der Waals surface area contributed by atoms with Gasteiger partial charge in [0.25, 0.3) is 5.91 Å². The van der Waals surface area contributed by atoms with Crippen LogP contribution in [0.15, 0.2) is 58.9 Å². The quantitative estimate of drug-likeness (QED) is 0.163. The molecule has 3 heterocycles. The summed E-state index contributed by atoms with van der Waals surface area (Å²) in [4.78, 5) is 32.6. The third kappa shape index (κ3) is 7.31. The molecule has 2 aliphatic heterocycles. The molecule has 0 radical (unpaired) electrons. The normalized spacial score (nSPS) is 16.3. The zero-order valence-electron chi connectivity index (χ0n) is 25.0.